The molecule has 2 aliphatic carbocycles. The Balaban J connectivity index is 1.47. The first-order chi connectivity index (χ1) is 14.2. The maximum Gasteiger partial charge on any atom is 0.223 e. The lowest BCUT2D eigenvalue weighted by molar-refractivity contribution is -0.128. The third-order valence-electron chi connectivity index (χ3n) is 6.42. The van der Waals surface area contributed by atoms with Gasteiger partial charge in [-0.3, -0.25) is 9.48 Å². The third kappa shape index (κ3) is 4.32. The lowest BCUT2D eigenvalue weighted by atomic mass is 9.85. The SMILES string of the molecule is COc1ccccc1Cn1ncc2c1CCC[C@@H]2NC(=O)[C@@H]1CCC[C@@H](OC)C1. The highest BCUT2D eigenvalue weighted by molar-refractivity contribution is 5.79. The lowest BCUT2D eigenvalue weighted by Crippen LogP contribution is -2.38. The van der Waals surface area contributed by atoms with E-state index in [1.807, 2.05) is 24.4 Å². The van der Waals surface area contributed by atoms with E-state index in [4.69, 9.17) is 9.47 Å². The van der Waals surface area contributed by atoms with Crippen molar-refractivity contribution >= 4 is 5.91 Å². The molecule has 1 saturated carbocycles. The molecular formula is C23H31N3O3. The van der Waals surface area contributed by atoms with Crippen LogP contribution < -0.4 is 10.1 Å². The van der Waals surface area contributed by atoms with Crippen LogP contribution in [0.4, 0.5) is 0 Å². The molecule has 1 aromatic heterocycles. The molecule has 3 atom stereocenters. The summed E-state index contributed by atoms with van der Waals surface area (Å²) in [5, 5.41) is 7.97. The summed E-state index contributed by atoms with van der Waals surface area (Å²) in [6, 6.07) is 8.11. The first kappa shape index (κ1) is 20.0. The Labute approximate surface area is 172 Å². The minimum Gasteiger partial charge on any atom is -0.496 e. The number of rotatable bonds is 6. The summed E-state index contributed by atoms with van der Waals surface area (Å²) in [5.41, 5.74) is 3.50. The zero-order valence-electron chi connectivity index (χ0n) is 17.4. The molecule has 4 rings (SSSR count). The minimum atomic E-state index is 0.0561. The van der Waals surface area contributed by atoms with E-state index < -0.39 is 0 Å². The quantitative estimate of drug-likeness (QED) is 0.808. The zero-order valence-corrected chi connectivity index (χ0v) is 17.4. The Morgan fingerprint density at radius 2 is 2.07 bits per heavy atom. The number of methoxy groups -OCH3 is 2. The molecule has 0 unspecified atom stereocenters. The second-order valence-corrected chi connectivity index (χ2v) is 8.19. The summed E-state index contributed by atoms with van der Waals surface area (Å²) in [5.74, 6) is 1.10. The zero-order chi connectivity index (χ0) is 20.2. The number of carbonyl (C=O) groups is 1. The Hall–Kier alpha value is -2.34. The molecule has 1 heterocycles. The Morgan fingerprint density at radius 3 is 2.90 bits per heavy atom. The van der Waals surface area contributed by atoms with Gasteiger partial charge in [0.25, 0.3) is 0 Å². The van der Waals surface area contributed by atoms with E-state index in [2.05, 4.69) is 21.2 Å². The third-order valence-corrected chi connectivity index (χ3v) is 6.42. The number of nitrogens with zero attached hydrogens (tertiary/aromatic N) is 2. The molecule has 0 bridgehead atoms. The molecule has 2 aromatic rings. The van der Waals surface area contributed by atoms with E-state index in [9.17, 15) is 4.79 Å². The molecule has 1 fully saturated rings. The summed E-state index contributed by atoms with van der Waals surface area (Å²) in [7, 11) is 3.44. The van der Waals surface area contributed by atoms with Gasteiger partial charge in [-0.05, 0) is 44.6 Å². The highest BCUT2D eigenvalue weighted by atomic mass is 16.5. The van der Waals surface area contributed by atoms with E-state index >= 15 is 0 Å². The normalized spacial score (nSPS) is 24.0. The van der Waals surface area contributed by atoms with Gasteiger partial charge in [-0.25, -0.2) is 0 Å². The molecule has 156 valence electrons. The largest absolute Gasteiger partial charge is 0.496 e. The fourth-order valence-electron chi connectivity index (χ4n) is 4.79. The van der Waals surface area contributed by atoms with Gasteiger partial charge < -0.3 is 14.8 Å². The predicted octanol–water partition coefficient (Wildman–Crippen LogP) is 3.64. The van der Waals surface area contributed by atoms with Crippen LogP contribution in [0.2, 0.25) is 0 Å². The number of nitrogens with one attached hydrogen (secondary N) is 1. The van der Waals surface area contributed by atoms with Crippen LogP contribution >= 0.6 is 0 Å². The van der Waals surface area contributed by atoms with Crippen molar-refractivity contribution in [2.45, 2.75) is 63.6 Å². The monoisotopic (exact) mass is 397 g/mol. The van der Waals surface area contributed by atoms with E-state index in [0.717, 1.165) is 56.3 Å². The summed E-state index contributed by atoms with van der Waals surface area (Å²) in [4.78, 5) is 12.9. The van der Waals surface area contributed by atoms with Crippen LogP contribution in [0.5, 0.6) is 5.75 Å². The van der Waals surface area contributed by atoms with Crippen LogP contribution in [0.15, 0.2) is 30.5 Å². The van der Waals surface area contributed by atoms with Gasteiger partial charge in [0.1, 0.15) is 5.75 Å². The van der Waals surface area contributed by atoms with Crippen LogP contribution in [0, 0.1) is 5.92 Å². The number of aromatic nitrogens is 2. The highest BCUT2D eigenvalue weighted by Crippen LogP contribution is 2.32. The van der Waals surface area contributed by atoms with Crippen molar-refractivity contribution in [3.05, 3.63) is 47.3 Å². The molecule has 2 aliphatic rings. The smallest absolute Gasteiger partial charge is 0.223 e. The Kier molecular flexibility index (Phi) is 6.19. The highest BCUT2D eigenvalue weighted by Gasteiger charge is 2.31. The number of carbonyl (C=O) groups excluding carboxylic acids is 1. The van der Waals surface area contributed by atoms with Crippen molar-refractivity contribution < 1.29 is 14.3 Å². The fourth-order valence-corrected chi connectivity index (χ4v) is 4.79. The molecule has 29 heavy (non-hydrogen) atoms. The van der Waals surface area contributed by atoms with Gasteiger partial charge in [-0.1, -0.05) is 24.6 Å². The van der Waals surface area contributed by atoms with Gasteiger partial charge in [0.2, 0.25) is 5.91 Å². The van der Waals surface area contributed by atoms with Crippen molar-refractivity contribution in [2.24, 2.45) is 5.92 Å². The van der Waals surface area contributed by atoms with Gasteiger partial charge in [0.05, 0.1) is 32.0 Å². The Morgan fingerprint density at radius 1 is 1.21 bits per heavy atom. The fraction of sp³-hybridized carbons (Fsp3) is 0.565. The van der Waals surface area contributed by atoms with E-state index in [1.54, 1.807) is 14.2 Å². The average Bonchev–Trinajstić information content (AvgIpc) is 3.18. The van der Waals surface area contributed by atoms with Gasteiger partial charge in [0, 0.05) is 29.8 Å². The molecule has 1 aromatic carbocycles. The minimum absolute atomic E-state index is 0.0561. The molecule has 1 amide bonds. The lowest BCUT2D eigenvalue weighted by Gasteiger charge is -2.30. The van der Waals surface area contributed by atoms with Crippen LogP contribution in [-0.4, -0.2) is 36.0 Å². The molecule has 0 spiro atoms. The standard InChI is InChI=1S/C23H31N3O3/c1-28-18-9-5-8-16(13-18)23(27)25-20-10-6-11-21-19(20)14-24-26(21)15-17-7-3-4-12-22(17)29-2/h3-4,7,12,14,16,18,20H,5-6,8-11,13,15H2,1-2H3,(H,25,27)/t16-,18-,20+/m1/s1. The number of hydrogen-bond acceptors (Lipinski definition) is 4. The summed E-state index contributed by atoms with van der Waals surface area (Å²) < 4.78 is 13.0. The summed E-state index contributed by atoms with van der Waals surface area (Å²) >= 11 is 0. The number of benzene rings is 1. The van der Waals surface area contributed by atoms with E-state index in [0.29, 0.717) is 6.54 Å². The molecule has 6 nitrogen and oxygen atoms in total. The maximum absolute atomic E-state index is 12.9. The van der Waals surface area contributed by atoms with Crippen LogP contribution in [0.3, 0.4) is 0 Å². The van der Waals surface area contributed by atoms with Gasteiger partial charge in [0.15, 0.2) is 0 Å². The predicted molar refractivity (Wildman–Crippen MR) is 111 cm³/mol. The number of ether oxygens (including phenoxy) is 2. The first-order valence-corrected chi connectivity index (χ1v) is 10.7. The number of hydrogen-bond donors (Lipinski definition) is 1. The summed E-state index contributed by atoms with van der Waals surface area (Å²) in [6.45, 7) is 0.679. The molecule has 0 radical (unpaired) electrons. The second kappa shape index (κ2) is 8.99. The number of amides is 1. The van der Waals surface area contributed by atoms with Gasteiger partial charge in [-0.15, -0.1) is 0 Å². The summed E-state index contributed by atoms with van der Waals surface area (Å²) in [6.07, 6.45) is 9.07. The van der Waals surface area contributed by atoms with Gasteiger partial charge >= 0.3 is 0 Å². The molecule has 6 heteroatoms. The maximum atomic E-state index is 12.9. The number of fused-ring (bicyclic) bond motifs is 1. The molecule has 0 aliphatic heterocycles. The van der Waals surface area contributed by atoms with Gasteiger partial charge in [-0.2, -0.15) is 5.10 Å². The Bertz CT molecular complexity index is 848. The molecular weight excluding hydrogens is 366 g/mol. The van der Waals surface area contributed by atoms with Crippen LogP contribution in [0.1, 0.15) is 61.4 Å². The average molecular weight is 398 g/mol. The van der Waals surface area contributed by atoms with Crippen LogP contribution in [-0.2, 0) is 22.5 Å². The number of para-hydroxylation sites is 1. The molecule has 0 saturated heterocycles. The van der Waals surface area contributed by atoms with Crippen molar-refractivity contribution in [2.75, 3.05) is 14.2 Å². The van der Waals surface area contributed by atoms with Crippen molar-refractivity contribution in [3.63, 3.8) is 0 Å². The van der Waals surface area contributed by atoms with Crippen molar-refractivity contribution in [1.82, 2.24) is 15.1 Å². The van der Waals surface area contributed by atoms with E-state index in [-0.39, 0.29) is 24.0 Å². The topological polar surface area (TPSA) is 65.4 Å². The van der Waals surface area contributed by atoms with E-state index in [1.165, 1.54) is 11.3 Å². The second-order valence-electron chi connectivity index (χ2n) is 8.19. The van der Waals surface area contributed by atoms with Crippen LogP contribution in [0.25, 0.3) is 0 Å². The first-order valence-electron chi connectivity index (χ1n) is 10.7. The molecule has 1 N–H and O–H groups in total. The van der Waals surface area contributed by atoms with Crippen molar-refractivity contribution in [1.29, 1.82) is 0 Å². The van der Waals surface area contributed by atoms with Crippen molar-refractivity contribution in [3.8, 4) is 5.75 Å².